The minimum atomic E-state index is -0.532. The monoisotopic (exact) mass is 376 g/mol. The second-order valence-electron chi connectivity index (χ2n) is 8.74. The predicted octanol–water partition coefficient (Wildman–Crippen LogP) is 1.29. The summed E-state index contributed by atoms with van der Waals surface area (Å²) in [6.45, 7) is 7.51. The molecule has 27 heavy (non-hydrogen) atoms. The Morgan fingerprint density at radius 3 is 2.85 bits per heavy atom. The van der Waals surface area contributed by atoms with Crippen molar-refractivity contribution in [2.24, 2.45) is 5.73 Å². The zero-order valence-corrected chi connectivity index (χ0v) is 16.7. The molecule has 2 aliphatic rings. The molecule has 3 atom stereocenters. The van der Waals surface area contributed by atoms with Crippen molar-refractivity contribution in [2.45, 2.75) is 56.8 Å². The summed E-state index contributed by atoms with van der Waals surface area (Å²) in [4.78, 5) is 14.1. The number of benzene rings is 1. The number of ether oxygens (including phenoxy) is 1. The highest BCUT2D eigenvalue weighted by atomic mass is 16.6. The molecule has 0 unspecified atom stereocenters. The van der Waals surface area contributed by atoms with Crippen molar-refractivity contribution in [3.63, 3.8) is 0 Å². The van der Waals surface area contributed by atoms with Crippen LogP contribution in [-0.2, 0) is 16.7 Å². The second kappa shape index (κ2) is 7.30. The highest BCUT2D eigenvalue weighted by Crippen LogP contribution is 2.42. The van der Waals surface area contributed by atoms with Crippen LogP contribution in [0.5, 0.6) is 5.75 Å². The van der Waals surface area contributed by atoms with Gasteiger partial charge >= 0.3 is 6.09 Å². The maximum atomic E-state index is 11.8. The van der Waals surface area contributed by atoms with Gasteiger partial charge in [0.25, 0.3) is 0 Å². The summed E-state index contributed by atoms with van der Waals surface area (Å²) in [7, 11) is 2.13. The number of phenols is 1. The van der Waals surface area contributed by atoms with Gasteiger partial charge in [-0.05, 0) is 63.9 Å². The van der Waals surface area contributed by atoms with E-state index in [1.807, 2.05) is 32.9 Å². The van der Waals surface area contributed by atoms with Crippen molar-refractivity contribution in [3.05, 3.63) is 29.3 Å². The summed E-state index contributed by atoms with van der Waals surface area (Å²) < 4.78 is 5.26. The molecule has 0 radical (unpaired) electrons. The van der Waals surface area contributed by atoms with E-state index in [1.54, 1.807) is 6.07 Å². The van der Waals surface area contributed by atoms with Crippen LogP contribution in [0.15, 0.2) is 18.2 Å². The molecule has 7 heteroatoms. The van der Waals surface area contributed by atoms with E-state index in [9.17, 15) is 9.90 Å². The minimum Gasteiger partial charge on any atom is -0.508 e. The highest BCUT2D eigenvalue weighted by Gasteiger charge is 2.50. The van der Waals surface area contributed by atoms with Crippen LogP contribution in [0.25, 0.3) is 0 Å². The van der Waals surface area contributed by atoms with Crippen LogP contribution < -0.4 is 16.4 Å². The Morgan fingerprint density at radius 1 is 1.41 bits per heavy atom. The fraction of sp³-hybridized carbons (Fsp3) is 0.650. The summed E-state index contributed by atoms with van der Waals surface area (Å²) in [6.07, 6.45) is 1.29. The van der Waals surface area contributed by atoms with Gasteiger partial charge in [0.05, 0.1) is 5.54 Å². The van der Waals surface area contributed by atoms with Crippen molar-refractivity contribution in [2.75, 3.05) is 26.7 Å². The SMILES string of the molecule is CN1CC[C@@]2(N)c3cc(O)ccc3C[C@@H]1[C@H]2NCCNC(=O)OC(C)(C)C. The first-order valence-electron chi connectivity index (χ1n) is 9.62. The third kappa shape index (κ3) is 4.20. The average Bonchev–Trinajstić information content (AvgIpc) is 2.56. The number of hydrogen-bond acceptors (Lipinski definition) is 6. The number of aromatic hydroxyl groups is 1. The highest BCUT2D eigenvalue weighted by molar-refractivity contribution is 5.67. The molecule has 0 spiro atoms. The summed E-state index contributed by atoms with van der Waals surface area (Å²) in [5.74, 6) is 0.251. The minimum absolute atomic E-state index is 0.0472. The smallest absolute Gasteiger partial charge is 0.407 e. The standard InChI is InChI=1S/C20H32N4O3/c1-19(2,3)27-18(26)23-9-8-22-17-16-11-13-5-6-14(25)12-15(13)20(17,21)7-10-24(16)4/h5-6,12,16-17,22,25H,7-11,21H2,1-4H3,(H,23,26)/t16-,17-,20-/m1/s1. The lowest BCUT2D eigenvalue weighted by Gasteiger charge is -2.54. The number of likely N-dealkylation sites (tertiary alicyclic amines) is 1. The molecule has 1 aliphatic carbocycles. The number of phenolic OH excluding ortho intramolecular Hbond substituents is 1. The maximum Gasteiger partial charge on any atom is 0.407 e. The number of carbonyl (C=O) groups is 1. The fourth-order valence-corrected chi connectivity index (χ4v) is 4.28. The van der Waals surface area contributed by atoms with E-state index >= 15 is 0 Å². The lowest BCUT2D eigenvalue weighted by molar-refractivity contribution is 0.0507. The van der Waals surface area contributed by atoms with Crippen LogP contribution in [0.2, 0.25) is 0 Å². The van der Waals surface area contributed by atoms with Gasteiger partial charge in [0.1, 0.15) is 11.4 Å². The number of hydrogen-bond donors (Lipinski definition) is 4. The van der Waals surface area contributed by atoms with Gasteiger partial charge < -0.3 is 31.1 Å². The molecule has 1 aromatic carbocycles. The maximum absolute atomic E-state index is 11.8. The van der Waals surface area contributed by atoms with E-state index in [4.69, 9.17) is 10.5 Å². The molecular weight excluding hydrogens is 344 g/mol. The Balaban J connectivity index is 1.67. The molecule has 0 aromatic heterocycles. The third-order valence-corrected chi connectivity index (χ3v) is 5.57. The van der Waals surface area contributed by atoms with Crippen molar-refractivity contribution in [1.29, 1.82) is 0 Å². The molecule has 1 saturated heterocycles. The largest absolute Gasteiger partial charge is 0.508 e. The summed E-state index contributed by atoms with van der Waals surface area (Å²) in [6, 6.07) is 5.85. The van der Waals surface area contributed by atoms with Gasteiger partial charge in [0, 0.05) is 31.7 Å². The number of rotatable bonds is 4. The molecule has 3 rings (SSSR count). The number of nitrogens with zero attached hydrogens (tertiary/aromatic N) is 1. The Hall–Kier alpha value is -1.83. The first-order valence-corrected chi connectivity index (χ1v) is 9.62. The molecule has 1 aliphatic heterocycles. The van der Waals surface area contributed by atoms with Crippen LogP contribution in [-0.4, -0.2) is 60.5 Å². The van der Waals surface area contributed by atoms with Crippen molar-refractivity contribution in [1.82, 2.24) is 15.5 Å². The first-order chi connectivity index (χ1) is 12.6. The van der Waals surface area contributed by atoms with Gasteiger partial charge in [-0.3, -0.25) is 0 Å². The van der Waals surface area contributed by atoms with Gasteiger partial charge in [0.2, 0.25) is 0 Å². The predicted molar refractivity (Wildman–Crippen MR) is 105 cm³/mol. The van der Waals surface area contributed by atoms with Gasteiger partial charge in [-0.25, -0.2) is 4.79 Å². The van der Waals surface area contributed by atoms with Gasteiger partial charge in [-0.15, -0.1) is 0 Å². The molecule has 1 amide bonds. The molecule has 0 saturated carbocycles. The van der Waals surface area contributed by atoms with Crippen LogP contribution in [0.1, 0.15) is 38.3 Å². The Labute approximate surface area is 161 Å². The molecule has 7 nitrogen and oxygen atoms in total. The number of piperidine rings is 1. The normalized spacial score (nSPS) is 27.7. The van der Waals surface area contributed by atoms with E-state index in [1.165, 1.54) is 5.56 Å². The topological polar surface area (TPSA) is 99.9 Å². The molecule has 1 aromatic rings. The van der Waals surface area contributed by atoms with Gasteiger partial charge in [-0.2, -0.15) is 0 Å². The van der Waals surface area contributed by atoms with E-state index in [0.717, 1.165) is 24.9 Å². The Morgan fingerprint density at radius 2 is 2.15 bits per heavy atom. The fourth-order valence-electron chi connectivity index (χ4n) is 4.28. The Kier molecular flexibility index (Phi) is 5.38. The lowest BCUT2D eigenvalue weighted by atomic mass is 9.66. The molecule has 150 valence electrons. The first kappa shape index (κ1) is 19.9. The van der Waals surface area contributed by atoms with E-state index in [-0.39, 0.29) is 17.8 Å². The second-order valence-corrected chi connectivity index (χ2v) is 8.74. The number of nitrogens with two attached hydrogens (primary N) is 1. The summed E-state index contributed by atoms with van der Waals surface area (Å²) in [5.41, 5.74) is 8.10. The number of likely N-dealkylation sites (N-methyl/N-ethyl adjacent to an activating group) is 1. The molecule has 5 N–H and O–H groups in total. The lowest BCUT2D eigenvalue weighted by Crippen LogP contribution is -2.70. The number of amides is 1. The van der Waals surface area contributed by atoms with Crippen LogP contribution in [0.3, 0.4) is 0 Å². The van der Waals surface area contributed by atoms with E-state index in [2.05, 4.69) is 22.6 Å². The van der Waals surface area contributed by atoms with Crippen LogP contribution in [0.4, 0.5) is 4.79 Å². The van der Waals surface area contributed by atoms with Crippen LogP contribution >= 0.6 is 0 Å². The van der Waals surface area contributed by atoms with E-state index < -0.39 is 17.2 Å². The zero-order valence-electron chi connectivity index (χ0n) is 16.7. The van der Waals surface area contributed by atoms with Gasteiger partial charge in [-0.1, -0.05) is 6.07 Å². The average molecular weight is 377 g/mol. The molecule has 1 fully saturated rings. The van der Waals surface area contributed by atoms with E-state index in [0.29, 0.717) is 13.1 Å². The number of carbonyl (C=O) groups excluding carboxylic acids is 1. The summed E-state index contributed by atoms with van der Waals surface area (Å²) >= 11 is 0. The van der Waals surface area contributed by atoms with Crippen LogP contribution in [0, 0.1) is 0 Å². The number of alkyl carbamates (subject to hydrolysis) is 1. The quantitative estimate of drug-likeness (QED) is 0.591. The number of nitrogens with one attached hydrogen (secondary N) is 2. The molecular formula is C20H32N4O3. The summed E-state index contributed by atoms with van der Waals surface area (Å²) in [5, 5.41) is 16.3. The number of fused-ring (bicyclic) bond motifs is 4. The third-order valence-electron chi connectivity index (χ3n) is 5.57. The van der Waals surface area contributed by atoms with Crippen molar-refractivity contribution >= 4 is 6.09 Å². The molecule has 1 heterocycles. The Bertz CT molecular complexity index is 703. The van der Waals surface area contributed by atoms with Gasteiger partial charge in [0.15, 0.2) is 0 Å². The van der Waals surface area contributed by atoms with Crippen molar-refractivity contribution in [3.8, 4) is 5.75 Å². The van der Waals surface area contributed by atoms with Crippen molar-refractivity contribution < 1.29 is 14.6 Å². The molecule has 2 bridgehead atoms. The zero-order chi connectivity index (χ0) is 19.8.